The first-order valence-electron chi connectivity index (χ1n) is 10.3. The second kappa shape index (κ2) is 11.5. The Hall–Kier alpha value is -0.540. The fraction of sp³-hybridized carbons (Fsp3) is 0.947. The molecule has 1 amide bonds. The average molecular weight is 405 g/mol. The number of piperidine rings is 1. The smallest absolute Gasteiger partial charge is 0.263 e. The van der Waals surface area contributed by atoms with Gasteiger partial charge < -0.3 is 9.47 Å². The van der Waals surface area contributed by atoms with Crippen LogP contribution in [0.4, 0.5) is 0 Å². The Kier molecular flexibility index (Phi) is 9.65. The number of ether oxygens (including phenoxy) is 2. The van der Waals surface area contributed by atoms with Gasteiger partial charge in [-0.05, 0) is 38.0 Å². The first-order chi connectivity index (χ1) is 13.0. The second-order valence-electron chi connectivity index (χ2n) is 8.04. The Morgan fingerprint density at radius 1 is 1.26 bits per heavy atom. The van der Waals surface area contributed by atoms with Crippen molar-refractivity contribution in [1.82, 2.24) is 9.79 Å². The third kappa shape index (κ3) is 6.49. The van der Waals surface area contributed by atoms with Crippen LogP contribution in [-0.4, -0.2) is 63.4 Å². The summed E-state index contributed by atoms with van der Waals surface area (Å²) < 4.78 is 25.2. The number of unbranched alkanes of at least 4 members (excludes halogenated alkanes) is 2. The molecule has 2 saturated heterocycles. The van der Waals surface area contributed by atoms with Gasteiger partial charge in [0, 0.05) is 32.9 Å². The second-order valence-corrected chi connectivity index (χ2v) is 9.84. The predicted molar refractivity (Wildman–Crippen MR) is 105 cm³/mol. The minimum atomic E-state index is -1.49. The van der Waals surface area contributed by atoms with Gasteiger partial charge in [-0.25, -0.2) is 14.0 Å². The standard InChI is InChI=1S/C19H36N2O5S/c1-16(2)6-4-3-5-13-26-17-7-11-21(12-8-17)27(24)19(18(22)20-23)9-14-25-15-10-19/h16-17,23H,3-15H2,1-2H3,(H,20,22). The van der Waals surface area contributed by atoms with Crippen LogP contribution in [0.5, 0.6) is 0 Å². The van der Waals surface area contributed by atoms with Gasteiger partial charge in [0.05, 0.1) is 6.10 Å². The van der Waals surface area contributed by atoms with Gasteiger partial charge in [0.25, 0.3) is 5.91 Å². The van der Waals surface area contributed by atoms with Crippen molar-refractivity contribution in [1.29, 1.82) is 0 Å². The van der Waals surface area contributed by atoms with E-state index in [0.717, 1.165) is 31.8 Å². The van der Waals surface area contributed by atoms with Crippen LogP contribution >= 0.6 is 0 Å². The molecule has 2 aliphatic rings. The summed E-state index contributed by atoms with van der Waals surface area (Å²) in [6, 6.07) is 0. The molecule has 2 fully saturated rings. The van der Waals surface area contributed by atoms with E-state index in [1.54, 1.807) is 5.48 Å². The van der Waals surface area contributed by atoms with E-state index in [9.17, 15) is 9.00 Å². The van der Waals surface area contributed by atoms with Crippen LogP contribution in [0, 0.1) is 5.92 Å². The van der Waals surface area contributed by atoms with Gasteiger partial charge >= 0.3 is 0 Å². The molecule has 0 saturated carbocycles. The Labute approximate surface area is 165 Å². The van der Waals surface area contributed by atoms with Crippen molar-refractivity contribution in [3.63, 3.8) is 0 Å². The monoisotopic (exact) mass is 404 g/mol. The van der Waals surface area contributed by atoms with E-state index >= 15 is 0 Å². The van der Waals surface area contributed by atoms with Crippen LogP contribution < -0.4 is 5.48 Å². The number of hydrogen-bond donors (Lipinski definition) is 2. The molecule has 0 aromatic rings. The van der Waals surface area contributed by atoms with Gasteiger partial charge in [0.15, 0.2) is 0 Å². The Morgan fingerprint density at radius 2 is 1.93 bits per heavy atom. The predicted octanol–water partition coefficient (Wildman–Crippen LogP) is 2.40. The highest BCUT2D eigenvalue weighted by atomic mass is 32.2. The summed E-state index contributed by atoms with van der Waals surface area (Å²) in [6.45, 7) is 7.36. The van der Waals surface area contributed by atoms with Gasteiger partial charge in [-0.3, -0.25) is 10.0 Å². The van der Waals surface area contributed by atoms with Crippen molar-refractivity contribution < 1.29 is 23.7 Å². The van der Waals surface area contributed by atoms with Crippen molar-refractivity contribution in [3.8, 4) is 0 Å². The molecule has 0 bridgehead atoms. The van der Waals surface area contributed by atoms with Crippen LogP contribution in [0.15, 0.2) is 0 Å². The summed E-state index contributed by atoms with van der Waals surface area (Å²) >= 11 is 0. The number of nitrogens with zero attached hydrogens (tertiary/aromatic N) is 1. The zero-order valence-electron chi connectivity index (χ0n) is 16.8. The number of carbonyl (C=O) groups excluding carboxylic acids is 1. The van der Waals surface area contributed by atoms with Gasteiger partial charge in [-0.1, -0.05) is 33.1 Å². The molecule has 2 heterocycles. The van der Waals surface area contributed by atoms with E-state index in [-0.39, 0.29) is 6.10 Å². The summed E-state index contributed by atoms with van der Waals surface area (Å²) in [6.07, 6.45) is 7.42. The SMILES string of the molecule is CC(C)CCCCCOC1CCN(S(=O)C2(C(=O)NO)CCOCC2)CC1. The maximum atomic E-state index is 13.1. The molecule has 1 unspecified atom stereocenters. The van der Waals surface area contributed by atoms with Crippen LogP contribution in [0.2, 0.25) is 0 Å². The quantitative estimate of drug-likeness (QED) is 0.332. The highest BCUT2D eigenvalue weighted by molar-refractivity contribution is 7.85. The zero-order chi connectivity index (χ0) is 19.7. The molecule has 27 heavy (non-hydrogen) atoms. The molecule has 0 aromatic heterocycles. The van der Waals surface area contributed by atoms with E-state index in [2.05, 4.69) is 13.8 Å². The van der Waals surface area contributed by atoms with Crippen molar-refractivity contribution in [2.45, 2.75) is 76.1 Å². The molecule has 2 rings (SSSR count). The molecular weight excluding hydrogens is 368 g/mol. The summed E-state index contributed by atoms with van der Waals surface area (Å²) in [4.78, 5) is 12.2. The molecule has 0 radical (unpaired) electrons. The van der Waals surface area contributed by atoms with E-state index in [0.29, 0.717) is 39.1 Å². The maximum absolute atomic E-state index is 13.1. The number of nitrogens with one attached hydrogen (secondary N) is 1. The van der Waals surface area contributed by atoms with Gasteiger partial charge in [-0.2, -0.15) is 0 Å². The summed E-state index contributed by atoms with van der Waals surface area (Å²) in [5.41, 5.74) is 1.72. The van der Waals surface area contributed by atoms with Crippen molar-refractivity contribution >= 4 is 16.9 Å². The lowest BCUT2D eigenvalue weighted by molar-refractivity contribution is -0.134. The number of hydroxylamine groups is 1. The third-order valence-corrected chi connectivity index (χ3v) is 7.66. The summed E-state index contributed by atoms with van der Waals surface area (Å²) in [7, 11) is -1.49. The number of carbonyl (C=O) groups is 1. The molecule has 8 heteroatoms. The van der Waals surface area contributed by atoms with Gasteiger partial charge in [0.1, 0.15) is 15.7 Å². The molecule has 2 aliphatic heterocycles. The highest BCUT2D eigenvalue weighted by Crippen LogP contribution is 2.31. The normalized spacial score (nSPS) is 22.7. The minimum Gasteiger partial charge on any atom is -0.381 e. The van der Waals surface area contributed by atoms with E-state index in [1.807, 2.05) is 4.31 Å². The molecule has 7 nitrogen and oxygen atoms in total. The highest BCUT2D eigenvalue weighted by Gasteiger charge is 2.48. The van der Waals surface area contributed by atoms with E-state index < -0.39 is 21.6 Å². The average Bonchev–Trinajstić information content (AvgIpc) is 2.70. The third-order valence-electron chi connectivity index (χ3n) is 5.56. The van der Waals surface area contributed by atoms with Crippen molar-refractivity contribution in [2.75, 3.05) is 32.9 Å². The van der Waals surface area contributed by atoms with E-state index in [1.165, 1.54) is 19.3 Å². The molecule has 1 atom stereocenters. The van der Waals surface area contributed by atoms with Crippen molar-refractivity contribution in [3.05, 3.63) is 0 Å². The van der Waals surface area contributed by atoms with Crippen LogP contribution in [0.3, 0.4) is 0 Å². The van der Waals surface area contributed by atoms with Crippen LogP contribution in [-0.2, 0) is 25.3 Å². The largest absolute Gasteiger partial charge is 0.381 e. The molecule has 0 spiro atoms. The molecule has 0 aliphatic carbocycles. The number of amides is 1. The first kappa shape index (κ1) is 22.7. The maximum Gasteiger partial charge on any atom is 0.263 e. The van der Waals surface area contributed by atoms with E-state index in [4.69, 9.17) is 14.7 Å². The molecule has 0 aromatic carbocycles. The Morgan fingerprint density at radius 3 is 2.52 bits per heavy atom. The first-order valence-corrected chi connectivity index (χ1v) is 11.4. The lowest BCUT2D eigenvalue weighted by atomic mass is 9.98. The Bertz CT molecular complexity index is 475. The zero-order valence-corrected chi connectivity index (χ0v) is 17.6. The van der Waals surface area contributed by atoms with Crippen molar-refractivity contribution in [2.24, 2.45) is 5.92 Å². The van der Waals surface area contributed by atoms with Crippen LogP contribution in [0.1, 0.15) is 65.2 Å². The minimum absolute atomic E-state index is 0.209. The van der Waals surface area contributed by atoms with Gasteiger partial charge in [0.2, 0.25) is 0 Å². The lowest BCUT2D eigenvalue weighted by Crippen LogP contribution is -2.57. The van der Waals surface area contributed by atoms with Crippen LogP contribution in [0.25, 0.3) is 0 Å². The number of hydrogen-bond acceptors (Lipinski definition) is 5. The van der Waals surface area contributed by atoms with Gasteiger partial charge in [-0.15, -0.1) is 0 Å². The summed E-state index contributed by atoms with van der Waals surface area (Å²) in [5, 5.41) is 9.12. The molecule has 158 valence electrons. The Balaban J connectivity index is 1.74. The number of rotatable bonds is 10. The topological polar surface area (TPSA) is 88.1 Å². The fourth-order valence-corrected chi connectivity index (χ4v) is 5.53. The molecular formula is C19H36N2O5S. The molecule has 2 N–H and O–H groups in total. The lowest BCUT2D eigenvalue weighted by Gasteiger charge is -2.40. The summed E-state index contributed by atoms with van der Waals surface area (Å²) in [5.74, 6) is 0.201. The fourth-order valence-electron chi connectivity index (χ4n) is 3.78.